The Kier molecular flexibility index (Phi) is 7.97. The van der Waals surface area contributed by atoms with E-state index in [0.717, 1.165) is 5.75 Å². The summed E-state index contributed by atoms with van der Waals surface area (Å²) in [6, 6.07) is 22.5. The largest absolute Gasteiger partial charge is 0.494 e. The van der Waals surface area contributed by atoms with E-state index in [9.17, 15) is 14.4 Å². The topological polar surface area (TPSA) is 96.5 Å². The summed E-state index contributed by atoms with van der Waals surface area (Å²) in [6.45, 7) is 2.71. The molecule has 0 aliphatic carbocycles. The molecule has 3 rings (SSSR count). The minimum atomic E-state index is -0.254. The molecule has 7 nitrogen and oxygen atoms in total. The number of hydrogen-bond acceptors (Lipinski definition) is 4. The number of rotatable bonds is 9. The first-order valence-electron chi connectivity index (χ1n) is 10.3. The normalized spacial score (nSPS) is 10.2. The fraction of sp³-hybridized carbons (Fsp3) is 0.160. The summed E-state index contributed by atoms with van der Waals surface area (Å²) >= 11 is 0. The maximum atomic E-state index is 12.4. The van der Waals surface area contributed by atoms with Gasteiger partial charge in [-0.05, 0) is 67.6 Å². The number of carbonyl (C=O) groups excluding carboxylic acids is 3. The van der Waals surface area contributed by atoms with Crippen molar-refractivity contribution in [1.29, 1.82) is 0 Å². The quantitative estimate of drug-likeness (QED) is 0.475. The fourth-order valence-electron chi connectivity index (χ4n) is 2.91. The Balaban J connectivity index is 1.44. The molecule has 0 atom stereocenters. The van der Waals surface area contributed by atoms with Crippen LogP contribution in [0.5, 0.6) is 5.75 Å². The smallest absolute Gasteiger partial charge is 0.255 e. The molecule has 0 radical (unpaired) electrons. The van der Waals surface area contributed by atoms with E-state index in [1.165, 1.54) is 0 Å². The number of amides is 3. The lowest BCUT2D eigenvalue weighted by molar-refractivity contribution is -0.116. The van der Waals surface area contributed by atoms with Crippen LogP contribution in [-0.4, -0.2) is 30.9 Å². The molecule has 3 aromatic rings. The molecule has 0 aliphatic rings. The van der Waals surface area contributed by atoms with Crippen LogP contribution in [0.15, 0.2) is 78.9 Å². The Morgan fingerprint density at radius 1 is 0.719 bits per heavy atom. The predicted octanol–water partition coefficient (Wildman–Crippen LogP) is 4.10. The maximum Gasteiger partial charge on any atom is 0.255 e. The second-order valence-electron chi connectivity index (χ2n) is 6.91. The molecular formula is C25H25N3O4. The van der Waals surface area contributed by atoms with Crippen molar-refractivity contribution in [2.45, 2.75) is 13.3 Å². The van der Waals surface area contributed by atoms with Crippen molar-refractivity contribution in [2.75, 3.05) is 23.8 Å². The van der Waals surface area contributed by atoms with E-state index < -0.39 is 0 Å². The average molecular weight is 431 g/mol. The van der Waals surface area contributed by atoms with E-state index in [1.54, 1.807) is 72.8 Å². The second kappa shape index (κ2) is 11.3. The second-order valence-corrected chi connectivity index (χ2v) is 6.91. The SMILES string of the molecule is CCOc1ccc(NC(=O)c2ccc(NC(=O)CCNC(=O)c3ccccc3)cc2)cc1. The van der Waals surface area contributed by atoms with Gasteiger partial charge in [0.15, 0.2) is 0 Å². The number of benzene rings is 3. The molecule has 7 heteroatoms. The molecule has 3 aromatic carbocycles. The third-order valence-electron chi connectivity index (χ3n) is 4.53. The summed E-state index contributed by atoms with van der Waals surface area (Å²) < 4.78 is 5.38. The molecule has 0 heterocycles. The van der Waals surface area contributed by atoms with Gasteiger partial charge in [0.25, 0.3) is 11.8 Å². The zero-order chi connectivity index (χ0) is 22.8. The summed E-state index contributed by atoms with van der Waals surface area (Å²) in [4.78, 5) is 36.5. The van der Waals surface area contributed by atoms with Crippen LogP contribution in [0.2, 0.25) is 0 Å². The van der Waals surface area contributed by atoms with Crippen molar-refractivity contribution in [3.05, 3.63) is 90.0 Å². The lowest BCUT2D eigenvalue weighted by Crippen LogP contribution is -2.27. The highest BCUT2D eigenvalue weighted by Gasteiger charge is 2.09. The van der Waals surface area contributed by atoms with E-state index in [-0.39, 0.29) is 30.7 Å². The first kappa shape index (κ1) is 22.6. The van der Waals surface area contributed by atoms with Crippen molar-refractivity contribution in [3.63, 3.8) is 0 Å². The highest BCUT2D eigenvalue weighted by molar-refractivity contribution is 6.04. The molecule has 164 valence electrons. The van der Waals surface area contributed by atoms with Gasteiger partial charge in [-0.2, -0.15) is 0 Å². The summed E-state index contributed by atoms with van der Waals surface area (Å²) in [5, 5.41) is 8.28. The van der Waals surface area contributed by atoms with Gasteiger partial charge in [-0.25, -0.2) is 0 Å². The Morgan fingerprint density at radius 3 is 1.97 bits per heavy atom. The Bertz CT molecular complexity index is 1050. The number of carbonyl (C=O) groups is 3. The first-order valence-corrected chi connectivity index (χ1v) is 10.3. The third-order valence-corrected chi connectivity index (χ3v) is 4.53. The van der Waals surface area contributed by atoms with Gasteiger partial charge in [0.1, 0.15) is 5.75 Å². The molecule has 0 aromatic heterocycles. The molecular weight excluding hydrogens is 406 g/mol. The van der Waals surface area contributed by atoms with Gasteiger partial charge >= 0.3 is 0 Å². The zero-order valence-electron chi connectivity index (χ0n) is 17.8. The minimum Gasteiger partial charge on any atom is -0.494 e. The van der Waals surface area contributed by atoms with Crippen LogP contribution in [0.1, 0.15) is 34.1 Å². The third kappa shape index (κ3) is 6.70. The average Bonchev–Trinajstić information content (AvgIpc) is 2.81. The van der Waals surface area contributed by atoms with Gasteiger partial charge in [0, 0.05) is 35.5 Å². The van der Waals surface area contributed by atoms with Gasteiger partial charge in [0.05, 0.1) is 6.61 Å². The minimum absolute atomic E-state index is 0.137. The number of anilines is 2. The van der Waals surface area contributed by atoms with Crippen LogP contribution in [-0.2, 0) is 4.79 Å². The highest BCUT2D eigenvalue weighted by atomic mass is 16.5. The monoisotopic (exact) mass is 431 g/mol. The summed E-state index contributed by atoms with van der Waals surface area (Å²) in [7, 11) is 0. The number of ether oxygens (including phenoxy) is 1. The molecule has 32 heavy (non-hydrogen) atoms. The Morgan fingerprint density at radius 2 is 1.31 bits per heavy atom. The standard InChI is InChI=1S/C25H25N3O4/c1-2-32-22-14-12-21(13-15-22)28-25(31)19-8-10-20(11-9-19)27-23(29)16-17-26-24(30)18-6-4-3-5-7-18/h3-15H,2,16-17H2,1H3,(H,26,30)(H,27,29)(H,28,31). The fourth-order valence-corrected chi connectivity index (χ4v) is 2.91. The molecule has 0 unspecified atom stereocenters. The van der Waals surface area contributed by atoms with Crippen molar-refractivity contribution >= 4 is 29.1 Å². The Hall–Kier alpha value is -4.13. The van der Waals surface area contributed by atoms with Gasteiger partial charge in [-0.15, -0.1) is 0 Å². The zero-order valence-corrected chi connectivity index (χ0v) is 17.8. The van der Waals surface area contributed by atoms with Crippen LogP contribution >= 0.6 is 0 Å². The van der Waals surface area contributed by atoms with Crippen LogP contribution in [0.25, 0.3) is 0 Å². The van der Waals surface area contributed by atoms with Crippen LogP contribution in [0.3, 0.4) is 0 Å². The van der Waals surface area contributed by atoms with Crippen LogP contribution in [0.4, 0.5) is 11.4 Å². The van der Waals surface area contributed by atoms with Crippen molar-refractivity contribution in [3.8, 4) is 5.75 Å². The lowest BCUT2D eigenvalue weighted by atomic mass is 10.2. The van der Waals surface area contributed by atoms with Crippen molar-refractivity contribution in [1.82, 2.24) is 5.32 Å². The Labute approximate surface area is 186 Å². The summed E-state index contributed by atoms with van der Waals surface area (Å²) in [6.07, 6.45) is 0.137. The van der Waals surface area contributed by atoms with E-state index >= 15 is 0 Å². The van der Waals surface area contributed by atoms with E-state index in [4.69, 9.17) is 4.74 Å². The van der Waals surface area contributed by atoms with Crippen molar-refractivity contribution < 1.29 is 19.1 Å². The molecule has 0 saturated heterocycles. The maximum absolute atomic E-state index is 12.4. The van der Waals surface area contributed by atoms with Crippen molar-refractivity contribution in [2.24, 2.45) is 0 Å². The van der Waals surface area contributed by atoms with Gasteiger partial charge < -0.3 is 20.7 Å². The summed E-state index contributed by atoms with van der Waals surface area (Å²) in [5.41, 5.74) is 2.24. The lowest BCUT2D eigenvalue weighted by Gasteiger charge is -2.09. The predicted molar refractivity (Wildman–Crippen MR) is 124 cm³/mol. The van der Waals surface area contributed by atoms with E-state index in [0.29, 0.717) is 29.1 Å². The molecule has 0 fully saturated rings. The van der Waals surface area contributed by atoms with Gasteiger partial charge in [-0.1, -0.05) is 18.2 Å². The summed E-state index contributed by atoms with van der Waals surface area (Å²) in [5.74, 6) is 0.0344. The van der Waals surface area contributed by atoms with Crippen LogP contribution < -0.4 is 20.7 Å². The molecule has 3 amide bonds. The molecule has 3 N–H and O–H groups in total. The molecule has 0 bridgehead atoms. The molecule has 0 saturated carbocycles. The van der Waals surface area contributed by atoms with E-state index in [2.05, 4.69) is 16.0 Å². The highest BCUT2D eigenvalue weighted by Crippen LogP contribution is 2.17. The van der Waals surface area contributed by atoms with Gasteiger partial charge in [0.2, 0.25) is 5.91 Å². The molecule has 0 spiro atoms. The van der Waals surface area contributed by atoms with E-state index in [1.807, 2.05) is 13.0 Å². The van der Waals surface area contributed by atoms with Crippen LogP contribution in [0, 0.1) is 0 Å². The number of hydrogen-bond donors (Lipinski definition) is 3. The van der Waals surface area contributed by atoms with Gasteiger partial charge in [-0.3, -0.25) is 14.4 Å². The molecule has 0 aliphatic heterocycles. The first-order chi connectivity index (χ1) is 15.5. The number of nitrogens with one attached hydrogen (secondary N) is 3.